The first kappa shape index (κ1) is 16.5. The van der Waals surface area contributed by atoms with Gasteiger partial charge in [-0.15, -0.1) is 0 Å². The molecule has 3 atom stereocenters. The summed E-state index contributed by atoms with van der Waals surface area (Å²) in [6.45, 7) is 3.90. The number of carbonyl (C=O) groups excluding carboxylic acids is 2. The first-order valence-corrected chi connectivity index (χ1v) is 9.59. The third kappa shape index (κ3) is 3.15. The van der Waals surface area contributed by atoms with E-state index in [1.807, 2.05) is 13.8 Å². The van der Waals surface area contributed by atoms with Gasteiger partial charge in [-0.3, -0.25) is 13.8 Å². The van der Waals surface area contributed by atoms with Crippen LogP contribution in [0.1, 0.15) is 52.4 Å². The Balaban J connectivity index is 2.22. The molecule has 120 valence electrons. The van der Waals surface area contributed by atoms with Crippen molar-refractivity contribution in [3.63, 3.8) is 0 Å². The zero-order valence-electron chi connectivity index (χ0n) is 13.2. The van der Waals surface area contributed by atoms with Crippen LogP contribution in [0.4, 0.5) is 0 Å². The van der Waals surface area contributed by atoms with Crippen LogP contribution in [0.3, 0.4) is 0 Å². The van der Waals surface area contributed by atoms with Crippen molar-refractivity contribution in [1.29, 1.82) is 0 Å². The maximum Gasteiger partial charge on any atom is 0.249 e. The quantitative estimate of drug-likeness (QED) is 0.829. The van der Waals surface area contributed by atoms with Crippen LogP contribution in [0.2, 0.25) is 0 Å². The third-order valence-corrected chi connectivity index (χ3v) is 5.60. The lowest BCUT2D eigenvalue weighted by Crippen LogP contribution is -2.70. The molecule has 2 rings (SSSR count). The minimum atomic E-state index is -0.873. The van der Waals surface area contributed by atoms with Gasteiger partial charge in [-0.2, -0.15) is 0 Å². The molecule has 1 aliphatic heterocycles. The van der Waals surface area contributed by atoms with Gasteiger partial charge < -0.3 is 10.2 Å². The van der Waals surface area contributed by atoms with Crippen molar-refractivity contribution in [2.24, 2.45) is 0 Å². The van der Waals surface area contributed by atoms with Crippen LogP contribution in [0, 0.1) is 0 Å². The highest BCUT2D eigenvalue weighted by molar-refractivity contribution is 7.84. The fourth-order valence-corrected chi connectivity index (χ4v) is 4.24. The van der Waals surface area contributed by atoms with Crippen molar-refractivity contribution in [1.82, 2.24) is 10.2 Å². The molecule has 0 bridgehead atoms. The highest BCUT2D eigenvalue weighted by Gasteiger charge is 2.52. The number of hydrogen-bond donors (Lipinski definition) is 1. The van der Waals surface area contributed by atoms with E-state index in [2.05, 4.69) is 5.32 Å². The van der Waals surface area contributed by atoms with Gasteiger partial charge in [-0.25, -0.2) is 0 Å². The zero-order chi connectivity index (χ0) is 15.6. The summed E-state index contributed by atoms with van der Waals surface area (Å²) in [6.07, 6.45) is 6.44. The average molecular weight is 314 g/mol. The average Bonchev–Trinajstić information content (AvgIpc) is 2.89. The maximum atomic E-state index is 13.0. The van der Waals surface area contributed by atoms with Crippen LogP contribution < -0.4 is 5.32 Å². The van der Waals surface area contributed by atoms with Gasteiger partial charge in [-0.05, 0) is 32.6 Å². The van der Waals surface area contributed by atoms with Crippen LogP contribution in [0.15, 0.2) is 0 Å². The number of carbonyl (C=O) groups is 2. The Labute approximate surface area is 129 Å². The zero-order valence-corrected chi connectivity index (χ0v) is 14.0. The summed E-state index contributed by atoms with van der Waals surface area (Å²) in [4.78, 5) is 27.2. The molecule has 6 heteroatoms. The van der Waals surface area contributed by atoms with Crippen molar-refractivity contribution >= 4 is 22.6 Å². The topological polar surface area (TPSA) is 66.5 Å². The molecule has 0 aromatic carbocycles. The molecule has 0 aromatic heterocycles. The molecule has 2 fully saturated rings. The molecule has 21 heavy (non-hydrogen) atoms. The van der Waals surface area contributed by atoms with Gasteiger partial charge in [0, 0.05) is 28.9 Å². The van der Waals surface area contributed by atoms with Gasteiger partial charge in [0.1, 0.15) is 11.6 Å². The predicted octanol–water partition coefficient (Wildman–Crippen LogP) is 1.19. The van der Waals surface area contributed by atoms with Crippen LogP contribution in [-0.4, -0.2) is 50.6 Å². The second kappa shape index (κ2) is 6.46. The number of nitrogens with zero attached hydrogens (tertiary/aromatic N) is 1. The fourth-order valence-electron chi connectivity index (χ4n) is 3.57. The molecule has 1 aliphatic carbocycles. The molecule has 1 saturated carbocycles. The maximum absolute atomic E-state index is 13.0. The van der Waals surface area contributed by atoms with Gasteiger partial charge in [0.05, 0.1) is 0 Å². The highest BCUT2D eigenvalue weighted by atomic mass is 32.2. The van der Waals surface area contributed by atoms with Crippen molar-refractivity contribution in [2.75, 3.05) is 12.0 Å². The summed E-state index contributed by atoms with van der Waals surface area (Å²) in [5.74, 6) is 0.611. The summed E-state index contributed by atoms with van der Waals surface area (Å²) < 4.78 is 11.3. The first-order chi connectivity index (χ1) is 9.91. The van der Waals surface area contributed by atoms with Crippen molar-refractivity contribution in [3.8, 4) is 0 Å². The molecule has 1 heterocycles. The molecule has 5 nitrogen and oxygen atoms in total. The van der Waals surface area contributed by atoms with Gasteiger partial charge in [0.15, 0.2) is 0 Å². The number of hydrogen-bond acceptors (Lipinski definition) is 3. The van der Waals surface area contributed by atoms with E-state index in [4.69, 9.17) is 0 Å². The second-order valence-corrected chi connectivity index (χ2v) is 7.88. The summed E-state index contributed by atoms with van der Waals surface area (Å²) in [5.41, 5.74) is -0.664. The molecule has 2 aliphatic rings. The van der Waals surface area contributed by atoms with Crippen molar-refractivity contribution in [3.05, 3.63) is 0 Å². The SMILES string of the molecule is CCC1C(=O)NC2(CCCC2)C(=O)N1C(C)CCS(C)=O. The van der Waals surface area contributed by atoms with E-state index < -0.39 is 16.3 Å². The number of amides is 2. The number of rotatable bonds is 5. The standard InChI is InChI=1S/C15H26N2O3S/c1-4-12-13(18)16-15(8-5-6-9-15)14(19)17(12)11(2)7-10-21(3)20/h11-12H,4-10H2,1-3H3,(H,16,18). The molecule has 1 N–H and O–H groups in total. The Morgan fingerprint density at radius 2 is 2.00 bits per heavy atom. The molecular weight excluding hydrogens is 288 g/mol. The second-order valence-electron chi connectivity index (χ2n) is 6.33. The largest absolute Gasteiger partial charge is 0.340 e. The Morgan fingerprint density at radius 1 is 1.38 bits per heavy atom. The minimum absolute atomic E-state index is 0.0246. The van der Waals surface area contributed by atoms with E-state index in [1.165, 1.54) is 0 Å². The van der Waals surface area contributed by atoms with E-state index in [-0.39, 0.29) is 23.9 Å². The lowest BCUT2D eigenvalue weighted by Gasteiger charge is -2.47. The lowest BCUT2D eigenvalue weighted by molar-refractivity contribution is -0.157. The van der Waals surface area contributed by atoms with E-state index in [1.54, 1.807) is 11.2 Å². The molecule has 2 amide bonds. The van der Waals surface area contributed by atoms with Crippen molar-refractivity contribution in [2.45, 2.75) is 70.0 Å². The normalized spacial score (nSPS) is 27.8. The minimum Gasteiger partial charge on any atom is -0.340 e. The van der Waals surface area contributed by atoms with E-state index in [9.17, 15) is 13.8 Å². The van der Waals surface area contributed by atoms with Crippen LogP contribution in [0.5, 0.6) is 0 Å². The molecular formula is C15H26N2O3S. The Kier molecular flexibility index (Phi) is 5.07. The number of piperazine rings is 1. The molecule has 1 spiro atoms. The van der Waals surface area contributed by atoms with E-state index >= 15 is 0 Å². The number of nitrogens with one attached hydrogen (secondary N) is 1. The monoisotopic (exact) mass is 314 g/mol. The molecule has 3 unspecified atom stereocenters. The fraction of sp³-hybridized carbons (Fsp3) is 0.867. The lowest BCUT2D eigenvalue weighted by atomic mass is 9.88. The summed E-state index contributed by atoms with van der Waals surface area (Å²) in [6, 6.07) is -0.432. The van der Waals surface area contributed by atoms with Crippen LogP contribution in [0.25, 0.3) is 0 Å². The van der Waals surface area contributed by atoms with E-state index in [0.717, 1.165) is 25.7 Å². The van der Waals surface area contributed by atoms with Crippen molar-refractivity contribution < 1.29 is 13.8 Å². The summed E-state index contributed by atoms with van der Waals surface area (Å²) in [7, 11) is -0.873. The van der Waals surface area contributed by atoms with Gasteiger partial charge >= 0.3 is 0 Å². The third-order valence-electron chi connectivity index (χ3n) is 4.79. The molecule has 0 radical (unpaired) electrons. The summed E-state index contributed by atoms with van der Waals surface area (Å²) >= 11 is 0. The highest BCUT2D eigenvalue weighted by Crippen LogP contribution is 2.36. The van der Waals surface area contributed by atoms with E-state index in [0.29, 0.717) is 18.6 Å². The van der Waals surface area contributed by atoms with Gasteiger partial charge in [-0.1, -0.05) is 19.8 Å². The van der Waals surface area contributed by atoms with Crippen LogP contribution in [-0.2, 0) is 20.4 Å². The predicted molar refractivity (Wildman–Crippen MR) is 83.3 cm³/mol. The van der Waals surface area contributed by atoms with Crippen LogP contribution >= 0.6 is 0 Å². The Bertz CT molecular complexity index is 446. The van der Waals surface area contributed by atoms with Gasteiger partial charge in [0.25, 0.3) is 0 Å². The molecule has 0 aromatic rings. The first-order valence-electron chi connectivity index (χ1n) is 7.86. The molecule has 1 saturated heterocycles. The summed E-state index contributed by atoms with van der Waals surface area (Å²) in [5, 5.41) is 3.00. The Morgan fingerprint density at radius 3 is 2.52 bits per heavy atom. The Hall–Kier alpha value is -0.910. The van der Waals surface area contributed by atoms with Gasteiger partial charge in [0.2, 0.25) is 11.8 Å². The smallest absolute Gasteiger partial charge is 0.249 e.